The van der Waals surface area contributed by atoms with Gasteiger partial charge in [0.15, 0.2) is 0 Å². The fourth-order valence-electron chi connectivity index (χ4n) is 2.09. The van der Waals surface area contributed by atoms with E-state index in [0.29, 0.717) is 12.4 Å². The number of hydrogen-bond donors (Lipinski definition) is 0. The summed E-state index contributed by atoms with van der Waals surface area (Å²) in [5, 5.41) is 11.2. The van der Waals surface area contributed by atoms with Crippen LogP contribution in [0.5, 0.6) is 5.88 Å². The van der Waals surface area contributed by atoms with Crippen LogP contribution in [-0.2, 0) is 0 Å². The Morgan fingerprint density at radius 2 is 2.11 bits per heavy atom. The van der Waals surface area contributed by atoms with Gasteiger partial charge in [-0.15, -0.1) is 0 Å². The largest absolute Gasteiger partial charge is 0.473 e. The molecule has 1 aromatic rings. The second kappa shape index (κ2) is 5.61. The molecule has 1 saturated heterocycles. The van der Waals surface area contributed by atoms with Crippen LogP contribution in [0.3, 0.4) is 0 Å². The van der Waals surface area contributed by atoms with E-state index in [1.54, 1.807) is 6.92 Å². The van der Waals surface area contributed by atoms with Crippen molar-refractivity contribution in [3.8, 4) is 5.88 Å². The molecule has 0 unspecified atom stereocenters. The summed E-state index contributed by atoms with van der Waals surface area (Å²) < 4.78 is 5.21. The van der Waals surface area contributed by atoms with E-state index in [2.05, 4.69) is 9.97 Å². The van der Waals surface area contributed by atoms with Crippen LogP contribution in [0.1, 0.15) is 26.2 Å². The Labute approximate surface area is 105 Å². The average Bonchev–Trinajstić information content (AvgIpc) is 2.39. The van der Waals surface area contributed by atoms with Crippen LogP contribution in [0.2, 0.25) is 0 Å². The molecule has 0 N–H and O–H groups in total. The van der Waals surface area contributed by atoms with Crippen molar-refractivity contribution in [2.75, 3.05) is 24.6 Å². The summed E-state index contributed by atoms with van der Waals surface area (Å²) in [6.45, 7) is 3.70. The maximum Gasteiger partial charge on any atom is 0.372 e. The van der Waals surface area contributed by atoms with Crippen LogP contribution in [0, 0.1) is 10.1 Å². The van der Waals surface area contributed by atoms with Gasteiger partial charge in [0.2, 0.25) is 5.82 Å². The molecule has 1 aromatic heterocycles. The van der Waals surface area contributed by atoms with E-state index in [0.717, 1.165) is 32.4 Å². The Hall–Kier alpha value is -1.92. The molecule has 0 saturated carbocycles. The van der Waals surface area contributed by atoms with E-state index in [4.69, 9.17) is 4.74 Å². The van der Waals surface area contributed by atoms with E-state index < -0.39 is 4.92 Å². The number of piperidine rings is 1. The second-order valence-corrected chi connectivity index (χ2v) is 4.09. The molecule has 0 spiro atoms. The standard InChI is InChI=1S/C11H16N4O3/c1-2-18-11-9(15(16)17)10(12-8-13-11)14-6-4-3-5-7-14/h8H,2-7H2,1H3. The van der Waals surface area contributed by atoms with E-state index in [1.807, 2.05) is 4.90 Å². The van der Waals surface area contributed by atoms with Crippen molar-refractivity contribution in [2.24, 2.45) is 0 Å². The highest BCUT2D eigenvalue weighted by atomic mass is 16.6. The molecule has 0 aromatic carbocycles. The fraction of sp³-hybridized carbons (Fsp3) is 0.636. The minimum absolute atomic E-state index is 0.0538. The van der Waals surface area contributed by atoms with E-state index >= 15 is 0 Å². The average molecular weight is 252 g/mol. The van der Waals surface area contributed by atoms with Crippen LogP contribution in [0.15, 0.2) is 6.33 Å². The van der Waals surface area contributed by atoms with E-state index in [-0.39, 0.29) is 11.6 Å². The molecule has 1 fully saturated rings. The molecule has 0 radical (unpaired) electrons. The second-order valence-electron chi connectivity index (χ2n) is 4.09. The molecule has 98 valence electrons. The highest BCUT2D eigenvalue weighted by Gasteiger charge is 2.28. The zero-order valence-electron chi connectivity index (χ0n) is 10.3. The van der Waals surface area contributed by atoms with Crippen molar-refractivity contribution in [1.29, 1.82) is 0 Å². The molecular weight excluding hydrogens is 236 g/mol. The summed E-state index contributed by atoms with van der Waals surface area (Å²) in [5.41, 5.74) is -0.124. The minimum Gasteiger partial charge on any atom is -0.473 e. The molecule has 0 aliphatic carbocycles. The maximum absolute atomic E-state index is 11.2. The monoisotopic (exact) mass is 252 g/mol. The van der Waals surface area contributed by atoms with Crippen molar-refractivity contribution >= 4 is 11.5 Å². The summed E-state index contributed by atoms with van der Waals surface area (Å²) in [5.74, 6) is 0.427. The van der Waals surface area contributed by atoms with Crippen molar-refractivity contribution in [2.45, 2.75) is 26.2 Å². The van der Waals surface area contributed by atoms with Crippen LogP contribution in [-0.4, -0.2) is 34.6 Å². The van der Waals surface area contributed by atoms with Crippen LogP contribution < -0.4 is 9.64 Å². The first-order chi connectivity index (χ1) is 8.74. The Morgan fingerprint density at radius 3 is 2.72 bits per heavy atom. The number of hydrogen-bond acceptors (Lipinski definition) is 6. The molecule has 18 heavy (non-hydrogen) atoms. The Morgan fingerprint density at radius 1 is 1.39 bits per heavy atom. The SMILES string of the molecule is CCOc1ncnc(N2CCCCC2)c1[N+](=O)[O-]. The molecule has 0 amide bonds. The Kier molecular flexibility index (Phi) is 3.91. The van der Waals surface area contributed by atoms with Crippen molar-refractivity contribution in [3.05, 3.63) is 16.4 Å². The Bertz CT molecular complexity index is 432. The first-order valence-electron chi connectivity index (χ1n) is 6.11. The van der Waals surface area contributed by atoms with Gasteiger partial charge in [-0.25, -0.2) is 4.98 Å². The zero-order chi connectivity index (χ0) is 13.0. The topological polar surface area (TPSA) is 81.4 Å². The smallest absolute Gasteiger partial charge is 0.372 e. The van der Waals surface area contributed by atoms with Gasteiger partial charge in [-0.2, -0.15) is 4.98 Å². The lowest BCUT2D eigenvalue weighted by Gasteiger charge is -2.27. The predicted octanol–water partition coefficient (Wildman–Crippen LogP) is 1.77. The number of aromatic nitrogens is 2. The first kappa shape index (κ1) is 12.5. The third kappa shape index (κ3) is 2.49. The van der Waals surface area contributed by atoms with Crippen LogP contribution in [0.25, 0.3) is 0 Å². The maximum atomic E-state index is 11.2. The van der Waals surface area contributed by atoms with Gasteiger partial charge in [0.05, 0.1) is 11.5 Å². The lowest BCUT2D eigenvalue weighted by molar-refractivity contribution is -0.385. The van der Waals surface area contributed by atoms with Gasteiger partial charge in [0, 0.05) is 13.1 Å². The summed E-state index contributed by atoms with van der Waals surface area (Å²) in [7, 11) is 0. The van der Waals surface area contributed by atoms with Crippen molar-refractivity contribution < 1.29 is 9.66 Å². The highest BCUT2D eigenvalue weighted by molar-refractivity contribution is 5.62. The molecule has 2 heterocycles. The van der Waals surface area contributed by atoms with Gasteiger partial charge in [-0.1, -0.05) is 0 Å². The molecule has 7 nitrogen and oxygen atoms in total. The molecule has 2 rings (SSSR count). The summed E-state index contributed by atoms with van der Waals surface area (Å²) in [6, 6.07) is 0. The number of ether oxygens (including phenoxy) is 1. The molecule has 0 bridgehead atoms. The fourth-order valence-corrected chi connectivity index (χ4v) is 2.09. The van der Waals surface area contributed by atoms with Crippen LogP contribution in [0.4, 0.5) is 11.5 Å². The number of nitro groups is 1. The third-order valence-electron chi connectivity index (χ3n) is 2.89. The van der Waals surface area contributed by atoms with Crippen molar-refractivity contribution in [3.63, 3.8) is 0 Å². The quantitative estimate of drug-likeness (QED) is 0.600. The third-order valence-corrected chi connectivity index (χ3v) is 2.89. The van der Waals surface area contributed by atoms with Gasteiger partial charge >= 0.3 is 5.69 Å². The van der Waals surface area contributed by atoms with E-state index in [1.165, 1.54) is 6.33 Å². The summed E-state index contributed by atoms with van der Waals surface area (Å²) in [6.07, 6.45) is 4.55. The van der Waals surface area contributed by atoms with E-state index in [9.17, 15) is 10.1 Å². The van der Waals surface area contributed by atoms with Gasteiger partial charge in [-0.3, -0.25) is 10.1 Å². The number of anilines is 1. The summed E-state index contributed by atoms with van der Waals surface area (Å²) >= 11 is 0. The first-order valence-corrected chi connectivity index (χ1v) is 6.11. The van der Waals surface area contributed by atoms with Gasteiger partial charge < -0.3 is 9.64 Å². The van der Waals surface area contributed by atoms with Crippen LogP contribution >= 0.6 is 0 Å². The molecule has 1 aliphatic heterocycles. The van der Waals surface area contributed by atoms with Crippen molar-refractivity contribution in [1.82, 2.24) is 9.97 Å². The molecule has 0 atom stereocenters. The van der Waals surface area contributed by atoms with Gasteiger partial charge in [0.25, 0.3) is 5.88 Å². The lowest BCUT2D eigenvalue weighted by Crippen LogP contribution is -2.31. The predicted molar refractivity (Wildman–Crippen MR) is 65.9 cm³/mol. The zero-order valence-corrected chi connectivity index (χ0v) is 10.3. The normalized spacial score (nSPS) is 15.5. The van der Waals surface area contributed by atoms with Gasteiger partial charge in [-0.05, 0) is 26.2 Å². The minimum atomic E-state index is -0.463. The highest BCUT2D eigenvalue weighted by Crippen LogP contribution is 2.34. The number of nitrogens with zero attached hydrogens (tertiary/aromatic N) is 4. The molecule has 1 aliphatic rings. The number of rotatable bonds is 4. The summed E-state index contributed by atoms with van der Waals surface area (Å²) in [4.78, 5) is 20.6. The molecular formula is C11H16N4O3. The Balaban J connectivity index is 2.38. The molecule has 7 heteroatoms. The van der Waals surface area contributed by atoms with Gasteiger partial charge in [0.1, 0.15) is 6.33 Å². The lowest BCUT2D eigenvalue weighted by atomic mass is 10.1.